The maximum Gasteiger partial charge on any atom is 0.168 e. The molecule has 0 bridgehead atoms. The SMILES string of the molecule is CCNC(Cc1cccc(OC)c1F)c1cnn(C)c1C. The van der Waals surface area contributed by atoms with E-state index in [-0.39, 0.29) is 17.6 Å². The largest absolute Gasteiger partial charge is 0.494 e. The Labute approximate surface area is 124 Å². The highest BCUT2D eigenvalue weighted by Crippen LogP contribution is 2.26. The molecule has 1 heterocycles. The lowest BCUT2D eigenvalue weighted by molar-refractivity contribution is 0.382. The number of aryl methyl sites for hydroxylation is 1. The van der Waals surface area contributed by atoms with Gasteiger partial charge in [0.15, 0.2) is 11.6 Å². The Kier molecular flexibility index (Phi) is 4.96. The van der Waals surface area contributed by atoms with Gasteiger partial charge in [0.1, 0.15) is 0 Å². The molecular formula is C16H22FN3O. The first-order valence-corrected chi connectivity index (χ1v) is 7.11. The van der Waals surface area contributed by atoms with Crippen LogP contribution in [0.5, 0.6) is 5.75 Å². The highest BCUT2D eigenvalue weighted by molar-refractivity contribution is 5.33. The molecule has 114 valence electrons. The molecule has 0 aliphatic heterocycles. The van der Waals surface area contributed by atoms with Gasteiger partial charge >= 0.3 is 0 Å². The normalized spacial score (nSPS) is 12.4. The molecule has 0 aliphatic rings. The van der Waals surface area contributed by atoms with E-state index in [0.29, 0.717) is 12.0 Å². The predicted molar refractivity (Wildman–Crippen MR) is 81.0 cm³/mol. The standard InChI is InChI=1S/C16H22FN3O/c1-5-18-14(13-10-19-20(3)11(13)2)9-12-7-6-8-15(21-4)16(12)17/h6-8,10,14,18H,5,9H2,1-4H3. The van der Waals surface area contributed by atoms with Gasteiger partial charge in [-0.05, 0) is 31.5 Å². The van der Waals surface area contributed by atoms with Gasteiger partial charge in [-0.2, -0.15) is 5.10 Å². The number of aromatic nitrogens is 2. The minimum atomic E-state index is -0.288. The average molecular weight is 291 g/mol. The van der Waals surface area contributed by atoms with Crippen molar-refractivity contribution in [2.24, 2.45) is 7.05 Å². The number of halogens is 1. The predicted octanol–water partition coefficient (Wildman–Crippen LogP) is 2.77. The van der Waals surface area contributed by atoms with Gasteiger partial charge in [0.2, 0.25) is 0 Å². The zero-order valence-corrected chi connectivity index (χ0v) is 13.0. The van der Waals surface area contributed by atoms with Gasteiger partial charge < -0.3 is 10.1 Å². The number of nitrogens with one attached hydrogen (secondary N) is 1. The van der Waals surface area contributed by atoms with Crippen molar-refractivity contribution >= 4 is 0 Å². The summed E-state index contributed by atoms with van der Waals surface area (Å²) in [6, 6.07) is 5.28. The maximum atomic E-state index is 14.3. The van der Waals surface area contributed by atoms with Crippen molar-refractivity contribution < 1.29 is 9.13 Å². The second kappa shape index (κ2) is 6.72. The van der Waals surface area contributed by atoms with E-state index in [1.54, 1.807) is 12.1 Å². The van der Waals surface area contributed by atoms with Crippen LogP contribution in [-0.2, 0) is 13.5 Å². The van der Waals surface area contributed by atoms with E-state index in [4.69, 9.17) is 4.74 Å². The number of rotatable bonds is 6. The third-order valence-corrected chi connectivity index (χ3v) is 3.79. The molecule has 0 aliphatic carbocycles. The van der Waals surface area contributed by atoms with Crippen molar-refractivity contribution in [2.75, 3.05) is 13.7 Å². The van der Waals surface area contributed by atoms with Crippen molar-refractivity contribution in [3.63, 3.8) is 0 Å². The van der Waals surface area contributed by atoms with Crippen molar-refractivity contribution in [1.82, 2.24) is 15.1 Å². The Morgan fingerprint density at radius 2 is 2.19 bits per heavy atom. The first-order valence-electron chi connectivity index (χ1n) is 7.11. The molecule has 0 radical (unpaired) electrons. The minimum Gasteiger partial charge on any atom is -0.494 e. The summed E-state index contributed by atoms with van der Waals surface area (Å²) in [6.45, 7) is 4.87. The lowest BCUT2D eigenvalue weighted by atomic mass is 9.98. The quantitative estimate of drug-likeness (QED) is 0.889. The van der Waals surface area contributed by atoms with Crippen LogP contribution in [-0.4, -0.2) is 23.4 Å². The van der Waals surface area contributed by atoms with Crippen LogP contribution in [0.3, 0.4) is 0 Å². The molecule has 1 N–H and O–H groups in total. The zero-order valence-electron chi connectivity index (χ0n) is 13.0. The van der Waals surface area contributed by atoms with Crippen LogP contribution in [0.25, 0.3) is 0 Å². The van der Waals surface area contributed by atoms with Crippen molar-refractivity contribution in [3.8, 4) is 5.75 Å². The molecule has 1 aromatic carbocycles. The van der Waals surface area contributed by atoms with Gasteiger partial charge in [-0.1, -0.05) is 19.1 Å². The fourth-order valence-electron chi connectivity index (χ4n) is 2.49. The van der Waals surface area contributed by atoms with E-state index in [1.807, 2.05) is 37.8 Å². The second-order valence-corrected chi connectivity index (χ2v) is 5.06. The monoisotopic (exact) mass is 291 g/mol. The Balaban J connectivity index is 2.31. The molecule has 4 nitrogen and oxygen atoms in total. The van der Waals surface area contributed by atoms with Crippen LogP contribution in [0.1, 0.15) is 29.8 Å². The molecule has 1 aromatic heterocycles. The highest BCUT2D eigenvalue weighted by atomic mass is 19.1. The molecule has 2 aromatic rings. The molecule has 0 saturated heterocycles. The topological polar surface area (TPSA) is 39.1 Å². The molecule has 2 rings (SSSR count). The summed E-state index contributed by atoms with van der Waals surface area (Å²) in [6.07, 6.45) is 2.41. The lowest BCUT2D eigenvalue weighted by Gasteiger charge is -2.19. The summed E-state index contributed by atoms with van der Waals surface area (Å²) in [4.78, 5) is 0. The molecule has 5 heteroatoms. The van der Waals surface area contributed by atoms with E-state index in [2.05, 4.69) is 10.4 Å². The smallest absolute Gasteiger partial charge is 0.168 e. The average Bonchev–Trinajstić information content (AvgIpc) is 2.80. The minimum absolute atomic E-state index is 0.0327. The summed E-state index contributed by atoms with van der Waals surface area (Å²) >= 11 is 0. The summed E-state index contributed by atoms with van der Waals surface area (Å²) < 4.78 is 21.2. The van der Waals surface area contributed by atoms with Crippen LogP contribution in [0.2, 0.25) is 0 Å². The molecular weight excluding hydrogens is 269 g/mol. The Bertz CT molecular complexity index is 610. The van der Waals surface area contributed by atoms with Crippen LogP contribution >= 0.6 is 0 Å². The summed E-state index contributed by atoms with van der Waals surface area (Å²) in [7, 11) is 3.39. The van der Waals surface area contributed by atoms with Gasteiger partial charge in [-0.3, -0.25) is 4.68 Å². The highest BCUT2D eigenvalue weighted by Gasteiger charge is 2.19. The first-order chi connectivity index (χ1) is 10.1. The van der Waals surface area contributed by atoms with Gasteiger partial charge in [0, 0.05) is 24.3 Å². The Morgan fingerprint density at radius 3 is 2.76 bits per heavy atom. The molecule has 0 spiro atoms. The first kappa shape index (κ1) is 15.5. The number of likely N-dealkylation sites (N-methyl/N-ethyl adjacent to an activating group) is 1. The second-order valence-electron chi connectivity index (χ2n) is 5.06. The molecule has 1 unspecified atom stereocenters. The van der Waals surface area contributed by atoms with Gasteiger partial charge in [0.25, 0.3) is 0 Å². The summed E-state index contributed by atoms with van der Waals surface area (Å²) in [5, 5.41) is 7.68. The van der Waals surface area contributed by atoms with Crippen LogP contribution < -0.4 is 10.1 Å². The summed E-state index contributed by atoms with van der Waals surface area (Å²) in [5.74, 6) is -0.00453. The van der Waals surface area contributed by atoms with Crippen molar-refractivity contribution in [2.45, 2.75) is 26.3 Å². The van der Waals surface area contributed by atoms with Gasteiger partial charge in [-0.25, -0.2) is 4.39 Å². The van der Waals surface area contributed by atoms with Crippen LogP contribution in [0.15, 0.2) is 24.4 Å². The zero-order chi connectivity index (χ0) is 15.4. The number of nitrogens with zero attached hydrogens (tertiary/aromatic N) is 2. The number of benzene rings is 1. The fourth-order valence-corrected chi connectivity index (χ4v) is 2.49. The van der Waals surface area contributed by atoms with Crippen LogP contribution in [0, 0.1) is 12.7 Å². The van der Waals surface area contributed by atoms with Gasteiger partial charge in [-0.15, -0.1) is 0 Å². The molecule has 21 heavy (non-hydrogen) atoms. The number of methoxy groups -OCH3 is 1. The van der Waals surface area contributed by atoms with E-state index in [9.17, 15) is 4.39 Å². The third kappa shape index (κ3) is 3.24. The lowest BCUT2D eigenvalue weighted by Crippen LogP contribution is -2.24. The molecule has 1 atom stereocenters. The third-order valence-electron chi connectivity index (χ3n) is 3.79. The molecule has 0 fully saturated rings. The van der Waals surface area contributed by atoms with Crippen LogP contribution in [0.4, 0.5) is 4.39 Å². The number of hydrogen-bond donors (Lipinski definition) is 1. The van der Waals surface area contributed by atoms with E-state index in [0.717, 1.165) is 17.8 Å². The molecule has 0 saturated carbocycles. The van der Waals surface area contributed by atoms with Gasteiger partial charge in [0.05, 0.1) is 13.3 Å². The Hall–Kier alpha value is -1.88. The number of ether oxygens (including phenoxy) is 1. The maximum absolute atomic E-state index is 14.3. The fraction of sp³-hybridized carbons (Fsp3) is 0.438. The van der Waals surface area contributed by atoms with E-state index in [1.165, 1.54) is 7.11 Å². The number of hydrogen-bond acceptors (Lipinski definition) is 3. The van der Waals surface area contributed by atoms with E-state index >= 15 is 0 Å². The van der Waals surface area contributed by atoms with E-state index < -0.39 is 0 Å². The Morgan fingerprint density at radius 1 is 1.43 bits per heavy atom. The van der Waals surface area contributed by atoms with Crippen molar-refractivity contribution in [3.05, 3.63) is 47.0 Å². The summed E-state index contributed by atoms with van der Waals surface area (Å²) in [5.41, 5.74) is 2.83. The molecule has 0 amide bonds. The van der Waals surface area contributed by atoms with Crippen molar-refractivity contribution in [1.29, 1.82) is 0 Å².